The summed E-state index contributed by atoms with van der Waals surface area (Å²) < 4.78 is 0. The number of aliphatic hydroxyl groups excluding tert-OH is 1. The van der Waals surface area contributed by atoms with Gasteiger partial charge in [0.25, 0.3) is 5.91 Å². The Balaban J connectivity index is 1.52. The number of amides is 3. The number of hydrazine groups is 1. The molecule has 8 N–H and O–H groups in total. The normalized spacial score (nSPS) is 13.2. The third kappa shape index (κ3) is 8.42. The minimum atomic E-state index is -1.27. The maximum Gasteiger partial charge on any atom is 0.270 e. The lowest BCUT2D eigenvalue weighted by Crippen LogP contribution is -2.54. The smallest absolute Gasteiger partial charge is 0.270 e. The van der Waals surface area contributed by atoms with E-state index in [1.807, 2.05) is 72.8 Å². The molecule has 0 saturated carbocycles. The Morgan fingerprint density at radius 1 is 0.805 bits per heavy atom. The van der Waals surface area contributed by atoms with Crippen LogP contribution in [0, 0.1) is 0 Å². The minimum absolute atomic E-state index is 0.0960. The number of carbonyl (C=O) groups excluding carboxylic acids is 3. The van der Waals surface area contributed by atoms with Crippen molar-refractivity contribution in [2.75, 3.05) is 0 Å². The van der Waals surface area contributed by atoms with E-state index in [0.717, 1.165) is 22.1 Å². The predicted molar refractivity (Wildman–Crippen MR) is 156 cm³/mol. The second-order valence-electron chi connectivity index (χ2n) is 9.86. The summed E-state index contributed by atoms with van der Waals surface area (Å²) in [5.41, 5.74) is 11.5. The molecule has 4 aromatic rings. The van der Waals surface area contributed by atoms with Gasteiger partial charge in [-0.2, -0.15) is 0 Å². The zero-order valence-electron chi connectivity index (χ0n) is 22.5. The molecule has 10 heteroatoms. The van der Waals surface area contributed by atoms with E-state index in [1.54, 1.807) is 18.2 Å². The standard InChI is InChI=1S/C31H34N6O4/c32-29(39)18-27(37-30(40)25-14-13-23-11-4-5-12-24(23)35-25)31(41)36-26(16-20-7-2-1-3-8-20)28(38)17-21-9-6-10-22(15-21)19-34-33/h1-15,26-28,34,38H,16-19,33H2,(H2,32,39)(H,36,41)(H,37,40)/t26-,27-,28-/m0/s1. The molecule has 3 amide bonds. The van der Waals surface area contributed by atoms with E-state index < -0.39 is 42.3 Å². The van der Waals surface area contributed by atoms with Crippen LogP contribution < -0.4 is 27.6 Å². The Bertz CT molecular complexity index is 1500. The third-order valence-corrected chi connectivity index (χ3v) is 6.69. The number of aromatic nitrogens is 1. The average molecular weight is 555 g/mol. The summed E-state index contributed by atoms with van der Waals surface area (Å²) in [5, 5.41) is 17.6. The van der Waals surface area contributed by atoms with E-state index in [1.165, 1.54) is 0 Å². The Hall–Kier alpha value is -4.64. The largest absolute Gasteiger partial charge is 0.391 e. The molecule has 3 aromatic carbocycles. The van der Waals surface area contributed by atoms with Crippen molar-refractivity contribution in [1.29, 1.82) is 0 Å². The highest BCUT2D eigenvalue weighted by Gasteiger charge is 2.29. The summed E-state index contributed by atoms with van der Waals surface area (Å²) >= 11 is 0. The molecule has 0 fully saturated rings. The summed E-state index contributed by atoms with van der Waals surface area (Å²) in [6.45, 7) is 0.467. The maximum absolute atomic E-state index is 13.5. The first-order chi connectivity index (χ1) is 19.8. The first kappa shape index (κ1) is 29.3. The number of rotatable bonds is 13. The zero-order valence-corrected chi connectivity index (χ0v) is 22.5. The van der Waals surface area contributed by atoms with Crippen molar-refractivity contribution in [3.8, 4) is 0 Å². The number of nitrogens with two attached hydrogens (primary N) is 2. The first-order valence-electron chi connectivity index (χ1n) is 13.3. The highest BCUT2D eigenvalue weighted by molar-refractivity contribution is 5.99. The van der Waals surface area contributed by atoms with Crippen molar-refractivity contribution >= 4 is 28.6 Å². The summed E-state index contributed by atoms with van der Waals surface area (Å²) in [4.78, 5) is 42.7. The summed E-state index contributed by atoms with van der Waals surface area (Å²) in [6.07, 6.45) is -0.828. The number of primary amides is 1. The molecule has 0 saturated heterocycles. The Morgan fingerprint density at radius 3 is 2.27 bits per heavy atom. The molecule has 4 rings (SSSR count). The molecular weight excluding hydrogens is 520 g/mol. The average Bonchev–Trinajstić information content (AvgIpc) is 2.96. The van der Waals surface area contributed by atoms with Gasteiger partial charge in [-0.1, -0.05) is 78.9 Å². The van der Waals surface area contributed by atoms with Gasteiger partial charge in [-0.3, -0.25) is 25.7 Å². The minimum Gasteiger partial charge on any atom is -0.391 e. The number of hydrogen-bond acceptors (Lipinski definition) is 7. The van der Waals surface area contributed by atoms with Gasteiger partial charge in [0.15, 0.2) is 0 Å². The number of aliphatic hydroxyl groups is 1. The fourth-order valence-electron chi connectivity index (χ4n) is 4.64. The van der Waals surface area contributed by atoms with Crippen LogP contribution in [0.5, 0.6) is 0 Å². The van der Waals surface area contributed by atoms with Gasteiger partial charge in [0, 0.05) is 18.4 Å². The van der Waals surface area contributed by atoms with Gasteiger partial charge in [0.2, 0.25) is 11.8 Å². The number of fused-ring (bicyclic) bond motifs is 1. The highest BCUT2D eigenvalue weighted by atomic mass is 16.3. The lowest BCUT2D eigenvalue weighted by molar-refractivity contribution is -0.128. The molecule has 0 aliphatic rings. The molecule has 0 radical (unpaired) electrons. The topological polar surface area (TPSA) is 172 Å². The molecule has 0 aliphatic carbocycles. The number of pyridine rings is 1. The number of para-hydroxylation sites is 1. The summed E-state index contributed by atoms with van der Waals surface area (Å²) in [5.74, 6) is 3.42. The molecular formula is C31H34N6O4. The van der Waals surface area contributed by atoms with Crippen LogP contribution in [-0.4, -0.2) is 46.0 Å². The van der Waals surface area contributed by atoms with Crippen molar-refractivity contribution in [2.45, 2.75) is 44.0 Å². The molecule has 3 atom stereocenters. The van der Waals surface area contributed by atoms with Crippen LogP contribution in [0.2, 0.25) is 0 Å². The van der Waals surface area contributed by atoms with Crippen LogP contribution >= 0.6 is 0 Å². The van der Waals surface area contributed by atoms with Crippen LogP contribution in [0.1, 0.15) is 33.6 Å². The molecule has 1 heterocycles. The van der Waals surface area contributed by atoms with Crippen LogP contribution in [0.25, 0.3) is 10.9 Å². The first-order valence-corrected chi connectivity index (χ1v) is 13.3. The van der Waals surface area contributed by atoms with E-state index in [0.29, 0.717) is 18.5 Å². The monoisotopic (exact) mass is 554 g/mol. The Labute approximate surface area is 238 Å². The second kappa shape index (κ2) is 14.1. The third-order valence-electron chi connectivity index (χ3n) is 6.69. The molecule has 41 heavy (non-hydrogen) atoms. The predicted octanol–water partition coefficient (Wildman–Crippen LogP) is 1.50. The van der Waals surface area contributed by atoms with Crippen molar-refractivity contribution in [1.82, 2.24) is 21.0 Å². The van der Waals surface area contributed by atoms with Crippen LogP contribution in [-0.2, 0) is 29.0 Å². The lowest BCUT2D eigenvalue weighted by atomic mass is 9.95. The SMILES string of the molecule is NNCc1cccc(C[C@H](O)[C@H](Cc2ccccc2)NC(=O)[C@H](CC(N)=O)NC(=O)c2ccc3ccccc3n2)c1. The fraction of sp³-hybridized carbons (Fsp3) is 0.226. The van der Waals surface area contributed by atoms with E-state index in [-0.39, 0.29) is 12.1 Å². The highest BCUT2D eigenvalue weighted by Crippen LogP contribution is 2.15. The van der Waals surface area contributed by atoms with Gasteiger partial charge in [-0.25, -0.2) is 4.98 Å². The molecule has 212 valence electrons. The fourth-order valence-corrected chi connectivity index (χ4v) is 4.64. The quantitative estimate of drug-likeness (QED) is 0.107. The van der Waals surface area contributed by atoms with Gasteiger partial charge in [-0.15, -0.1) is 0 Å². The lowest BCUT2D eigenvalue weighted by Gasteiger charge is -2.27. The van der Waals surface area contributed by atoms with Crippen molar-refractivity contribution in [3.05, 3.63) is 113 Å². The van der Waals surface area contributed by atoms with Crippen molar-refractivity contribution in [2.24, 2.45) is 11.6 Å². The van der Waals surface area contributed by atoms with Gasteiger partial charge in [0.1, 0.15) is 11.7 Å². The van der Waals surface area contributed by atoms with E-state index in [9.17, 15) is 19.5 Å². The second-order valence-corrected chi connectivity index (χ2v) is 9.86. The van der Waals surface area contributed by atoms with E-state index in [2.05, 4.69) is 21.0 Å². The number of nitrogens with one attached hydrogen (secondary N) is 3. The van der Waals surface area contributed by atoms with E-state index in [4.69, 9.17) is 11.6 Å². The Kier molecular flexibility index (Phi) is 10.1. The van der Waals surface area contributed by atoms with Gasteiger partial charge in [-0.05, 0) is 35.2 Å². The number of nitrogens with zero attached hydrogens (tertiary/aromatic N) is 1. The number of hydrogen-bond donors (Lipinski definition) is 6. The van der Waals surface area contributed by atoms with E-state index >= 15 is 0 Å². The van der Waals surface area contributed by atoms with Gasteiger partial charge in [0.05, 0.1) is 24.1 Å². The summed E-state index contributed by atoms with van der Waals surface area (Å²) in [6, 6.07) is 25.7. The van der Waals surface area contributed by atoms with Crippen molar-refractivity contribution < 1.29 is 19.5 Å². The van der Waals surface area contributed by atoms with Gasteiger partial charge < -0.3 is 21.5 Å². The number of benzene rings is 3. The molecule has 0 spiro atoms. The maximum atomic E-state index is 13.5. The molecule has 0 aliphatic heterocycles. The molecule has 10 nitrogen and oxygen atoms in total. The number of carbonyl (C=O) groups is 3. The summed E-state index contributed by atoms with van der Waals surface area (Å²) in [7, 11) is 0. The van der Waals surface area contributed by atoms with Gasteiger partial charge >= 0.3 is 0 Å². The van der Waals surface area contributed by atoms with Crippen LogP contribution in [0.3, 0.4) is 0 Å². The molecule has 0 bridgehead atoms. The van der Waals surface area contributed by atoms with Crippen molar-refractivity contribution in [3.63, 3.8) is 0 Å². The molecule has 1 aromatic heterocycles. The zero-order chi connectivity index (χ0) is 29.2. The molecule has 0 unspecified atom stereocenters. The van der Waals surface area contributed by atoms with Crippen LogP contribution in [0.4, 0.5) is 0 Å². The Morgan fingerprint density at radius 2 is 1.51 bits per heavy atom. The van der Waals surface area contributed by atoms with Crippen LogP contribution in [0.15, 0.2) is 91.0 Å².